The van der Waals surface area contributed by atoms with E-state index < -0.39 is 6.04 Å². The SMILES string of the molecule is CC[C@@H](C(=O)NC1CCCCC1)N(Cc1cccc(C)c1)C(=O)Cc1cc(C)ccc1C. The van der Waals surface area contributed by atoms with Gasteiger partial charge in [-0.3, -0.25) is 9.59 Å². The van der Waals surface area contributed by atoms with Gasteiger partial charge in [-0.2, -0.15) is 0 Å². The summed E-state index contributed by atoms with van der Waals surface area (Å²) in [4.78, 5) is 28.7. The highest BCUT2D eigenvalue weighted by molar-refractivity contribution is 5.88. The van der Waals surface area contributed by atoms with E-state index in [0.29, 0.717) is 19.4 Å². The molecule has 4 nitrogen and oxygen atoms in total. The van der Waals surface area contributed by atoms with E-state index in [1.54, 1.807) is 4.90 Å². The van der Waals surface area contributed by atoms with E-state index in [0.717, 1.165) is 40.7 Å². The number of benzene rings is 2. The molecule has 0 radical (unpaired) electrons. The largest absolute Gasteiger partial charge is 0.352 e. The van der Waals surface area contributed by atoms with Crippen LogP contribution < -0.4 is 5.32 Å². The fourth-order valence-corrected chi connectivity index (χ4v) is 4.73. The van der Waals surface area contributed by atoms with Gasteiger partial charge in [0.1, 0.15) is 6.04 Å². The van der Waals surface area contributed by atoms with Crippen molar-refractivity contribution in [3.63, 3.8) is 0 Å². The third-order valence-corrected chi connectivity index (χ3v) is 6.62. The topological polar surface area (TPSA) is 49.4 Å². The Morgan fingerprint density at radius 3 is 2.41 bits per heavy atom. The first-order valence-electron chi connectivity index (χ1n) is 12.1. The molecule has 0 unspecified atom stereocenters. The van der Waals surface area contributed by atoms with E-state index in [1.807, 2.05) is 32.9 Å². The molecule has 1 aliphatic rings. The quantitative estimate of drug-likeness (QED) is 0.604. The Hall–Kier alpha value is -2.62. The van der Waals surface area contributed by atoms with Crippen molar-refractivity contribution in [3.05, 3.63) is 70.3 Å². The monoisotopic (exact) mass is 434 g/mol. The predicted octanol–water partition coefficient (Wildman–Crippen LogP) is 5.41. The first-order valence-corrected chi connectivity index (χ1v) is 12.1. The molecule has 1 N–H and O–H groups in total. The van der Waals surface area contributed by atoms with Crippen molar-refractivity contribution in [1.29, 1.82) is 0 Å². The lowest BCUT2D eigenvalue weighted by Crippen LogP contribution is -2.52. The van der Waals surface area contributed by atoms with Gasteiger partial charge in [-0.1, -0.05) is 79.8 Å². The third kappa shape index (κ3) is 6.44. The number of rotatable bonds is 8. The molecule has 0 heterocycles. The summed E-state index contributed by atoms with van der Waals surface area (Å²) in [5.74, 6) is -0.00721. The van der Waals surface area contributed by atoms with E-state index in [9.17, 15) is 9.59 Å². The van der Waals surface area contributed by atoms with Crippen LogP contribution in [0.4, 0.5) is 0 Å². The van der Waals surface area contributed by atoms with Crippen molar-refractivity contribution >= 4 is 11.8 Å². The van der Waals surface area contributed by atoms with Gasteiger partial charge in [0.2, 0.25) is 11.8 Å². The van der Waals surface area contributed by atoms with E-state index >= 15 is 0 Å². The molecule has 1 fully saturated rings. The zero-order chi connectivity index (χ0) is 23.1. The first kappa shape index (κ1) is 24.0. The van der Waals surface area contributed by atoms with Crippen LogP contribution in [0.3, 0.4) is 0 Å². The summed E-state index contributed by atoms with van der Waals surface area (Å²) < 4.78 is 0. The number of nitrogens with one attached hydrogen (secondary N) is 1. The summed E-state index contributed by atoms with van der Waals surface area (Å²) >= 11 is 0. The maximum atomic E-state index is 13.6. The highest BCUT2D eigenvalue weighted by Gasteiger charge is 2.30. The molecule has 1 aliphatic carbocycles. The zero-order valence-electron chi connectivity index (χ0n) is 20.1. The molecule has 0 aromatic heterocycles. The first-order chi connectivity index (χ1) is 15.4. The van der Waals surface area contributed by atoms with Crippen molar-refractivity contribution in [2.75, 3.05) is 0 Å². The lowest BCUT2D eigenvalue weighted by Gasteiger charge is -2.33. The summed E-state index contributed by atoms with van der Waals surface area (Å²) in [7, 11) is 0. The molecule has 2 aromatic carbocycles. The Bertz CT molecular complexity index is 931. The molecule has 1 saturated carbocycles. The van der Waals surface area contributed by atoms with Crippen LogP contribution >= 0.6 is 0 Å². The molecule has 3 rings (SSSR count). The van der Waals surface area contributed by atoms with Gasteiger partial charge in [0.25, 0.3) is 0 Å². The molecule has 2 aromatic rings. The van der Waals surface area contributed by atoms with E-state index in [2.05, 4.69) is 42.6 Å². The molecular weight excluding hydrogens is 396 g/mol. The van der Waals surface area contributed by atoms with Crippen molar-refractivity contribution in [2.45, 2.75) is 91.3 Å². The van der Waals surface area contributed by atoms with Gasteiger partial charge in [0.05, 0.1) is 6.42 Å². The Morgan fingerprint density at radius 1 is 1.00 bits per heavy atom. The average molecular weight is 435 g/mol. The molecule has 0 aliphatic heterocycles. The van der Waals surface area contributed by atoms with Crippen LogP contribution in [0.2, 0.25) is 0 Å². The smallest absolute Gasteiger partial charge is 0.243 e. The number of hydrogen-bond donors (Lipinski definition) is 1. The minimum absolute atomic E-state index is 0.00542. The van der Waals surface area contributed by atoms with Crippen molar-refractivity contribution in [3.8, 4) is 0 Å². The molecule has 2 amide bonds. The lowest BCUT2D eigenvalue weighted by molar-refractivity contribution is -0.141. The van der Waals surface area contributed by atoms with Crippen LogP contribution in [0.15, 0.2) is 42.5 Å². The van der Waals surface area contributed by atoms with Gasteiger partial charge in [-0.15, -0.1) is 0 Å². The van der Waals surface area contributed by atoms with Gasteiger partial charge in [-0.25, -0.2) is 0 Å². The summed E-state index contributed by atoms with van der Waals surface area (Å²) in [6.07, 6.45) is 6.57. The minimum Gasteiger partial charge on any atom is -0.352 e. The normalized spacial score (nSPS) is 15.2. The molecule has 0 bridgehead atoms. The van der Waals surface area contributed by atoms with E-state index in [1.165, 1.54) is 19.3 Å². The van der Waals surface area contributed by atoms with Gasteiger partial charge in [0, 0.05) is 12.6 Å². The number of amides is 2. The number of aryl methyl sites for hydroxylation is 3. The van der Waals surface area contributed by atoms with Gasteiger partial charge < -0.3 is 10.2 Å². The fraction of sp³-hybridized carbons (Fsp3) is 0.500. The van der Waals surface area contributed by atoms with Crippen LogP contribution in [0.1, 0.15) is 73.3 Å². The number of hydrogen-bond acceptors (Lipinski definition) is 2. The van der Waals surface area contributed by atoms with Crippen LogP contribution in [-0.2, 0) is 22.6 Å². The van der Waals surface area contributed by atoms with Crippen molar-refractivity contribution in [1.82, 2.24) is 10.2 Å². The summed E-state index contributed by atoms with van der Waals surface area (Å²) in [5, 5.41) is 3.25. The second kappa shape index (κ2) is 11.3. The van der Waals surface area contributed by atoms with Crippen molar-refractivity contribution in [2.24, 2.45) is 0 Å². The standard InChI is InChI=1S/C28H38N2O2/c1-5-26(28(32)29-25-12-7-6-8-13-25)30(19-23-11-9-10-20(2)16-23)27(31)18-24-17-21(3)14-15-22(24)4/h9-11,14-17,25-26H,5-8,12-13,18-19H2,1-4H3,(H,29,32)/t26-/m0/s1. The second-order valence-electron chi connectivity index (χ2n) is 9.38. The maximum absolute atomic E-state index is 13.6. The van der Waals surface area contributed by atoms with E-state index in [4.69, 9.17) is 0 Å². The van der Waals surface area contributed by atoms with Crippen LogP contribution in [0, 0.1) is 20.8 Å². The van der Waals surface area contributed by atoms with Crippen LogP contribution in [-0.4, -0.2) is 28.8 Å². The van der Waals surface area contributed by atoms with Gasteiger partial charge >= 0.3 is 0 Å². The molecule has 4 heteroatoms. The lowest BCUT2D eigenvalue weighted by atomic mass is 9.95. The van der Waals surface area contributed by atoms with Crippen LogP contribution in [0.25, 0.3) is 0 Å². The van der Waals surface area contributed by atoms with Gasteiger partial charge in [-0.05, 0) is 56.7 Å². The fourth-order valence-electron chi connectivity index (χ4n) is 4.73. The Morgan fingerprint density at radius 2 is 1.72 bits per heavy atom. The van der Waals surface area contributed by atoms with Crippen molar-refractivity contribution < 1.29 is 9.59 Å². The summed E-state index contributed by atoms with van der Waals surface area (Å²) in [6, 6.07) is 14.2. The average Bonchev–Trinajstić information content (AvgIpc) is 2.77. The Balaban J connectivity index is 1.84. The Labute approximate surface area is 193 Å². The predicted molar refractivity (Wildman–Crippen MR) is 130 cm³/mol. The minimum atomic E-state index is -0.463. The molecule has 32 heavy (non-hydrogen) atoms. The van der Waals surface area contributed by atoms with Gasteiger partial charge in [0.15, 0.2) is 0 Å². The highest BCUT2D eigenvalue weighted by Crippen LogP contribution is 2.20. The maximum Gasteiger partial charge on any atom is 0.243 e. The number of carbonyl (C=O) groups is 2. The highest BCUT2D eigenvalue weighted by atomic mass is 16.2. The van der Waals surface area contributed by atoms with Crippen LogP contribution in [0.5, 0.6) is 0 Å². The molecular formula is C28H38N2O2. The number of carbonyl (C=O) groups excluding carboxylic acids is 2. The molecule has 172 valence electrons. The zero-order valence-corrected chi connectivity index (χ0v) is 20.1. The molecule has 1 atom stereocenters. The third-order valence-electron chi connectivity index (χ3n) is 6.62. The van der Waals surface area contributed by atoms with E-state index in [-0.39, 0.29) is 17.9 Å². The molecule has 0 saturated heterocycles. The Kier molecular flexibility index (Phi) is 8.49. The second-order valence-corrected chi connectivity index (χ2v) is 9.38. The summed E-state index contributed by atoms with van der Waals surface area (Å²) in [5.41, 5.74) is 5.50. The number of nitrogens with zero attached hydrogens (tertiary/aromatic N) is 1. The summed E-state index contributed by atoms with van der Waals surface area (Å²) in [6.45, 7) is 8.59. The molecule has 0 spiro atoms.